The zero-order chi connectivity index (χ0) is 10.8. The molecular weight excluding hydrogens is 184 g/mol. The first-order chi connectivity index (χ1) is 7.18. The van der Waals surface area contributed by atoms with Gasteiger partial charge in [0, 0.05) is 12.1 Å². The molecule has 0 spiro atoms. The molecule has 1 saturated heterocycles. The van der Waals surface area contributed by atoms with Crippen molar-refractivity contribution in [1.82, 2.24) is 10.2 Å². The molecule has 2 fully saturated rings. The summed E-state index contributed by atoms with van der Waals surface area (Å²) in [5.74, 6) is 0.937. The average molecular weight is 210 g/mol. The summed E-state index contributed by atoms with van der Waals surface area (Å²) in [7, 11) is 2.28. The van der Waals surface area contributed by atoms with Gasteiger partial charge in [0.25, 0.3) is 0 Å². The highest BCUT2D eigenvalue weighted by Gasteiger charge is 2.35. The topological polar surface area (TPSA) is 15.3 Å². The minimum atomic E-state index is 0.578. The molecule has 0 amide bonds. The van der Waals surface area contributed by atoms with E-state index in [9.17, 15) is 0 Å². The Hall–Kier alpha value is -0.0800. The summed E-state index contributed by atoms with van der Waals surface area (Å²) in [5.41, 5.74) is 0. The van der Waals surface area contributed by atoms with Crippen LogP contribution < -0.4 is 5.32 Å². The van der Waals surface area contributed by atoms with Gasteiger partial charge in [-0.05, 0) is 39.2 Å². The van der Waals surface area contributed by atoms with Gasteiger partial charge in [-0.25, -0.2) is 0 Å². The van der Waals surface area contributed by atoms with Crippen molar-refractivity contribution in [3.8, 4) is 0 Å². The van der Waals surface area contributed by atoms with Gasteiger partial charge in [-0.2, -0.15) is 0 Å². The van der Waals surface area contributed by atoms with Gasteiger partial charge in [0.2, 0.25) is 0 Å². The number of hydrogen-bond acceptors (Lipinski definition) is 2. The van der Waals surface area contributed by atoms with E-state index in [1.54, 1.807) is 0 Å². The van der Waals surface area contributed by atoms with E-state index >= 15 is 0 Å². The fourth-order valence-corrected chi connectivity index (χ4v) is 3.24. The molecule has 0 aromatic heterocycles. The fraction of sp³-hybridized carbons (Fsp3) is 1.00. The van der Waals surface area contributed by atoms with Crippen molar-refractivity contribution in [1.29, 1.82) is 0 Å². The van der Waals surface area contributed by atoms with Crippen LogP contribution in [-0.4, -0.2) is 30.2 Å². The van der Waals surface area contributed by atoms with Gasteiger partial charge in [-0.3, -0.25) is 10.2 Å². The first-order valence-electron chi connectivity index (χ1n) is 6.66. The molecule has 15 heavy (non-hydrogen) atoms. The minimum absolute atomic E-state index is 0.578. The number of nitrogens with zero attached hydrogens (tertiary/aromatic N) is 1. The Balaban J connectivity index is 1.99. The van der Waals surface area contributed by atoms with Crippen LogP contribution in [0.15, 0.2) is 0 Å². The molecule has 0 aromatic carbocycles. The molecule has 2 aliphatic rings. The van der Waals surface area contributed by atoms with Crippen molar-refractivity contribution >= 4 is 0 Å². The van der Waals surface area contributed by atoms with E-state index in [4.69, 9.17) is 0 Å². The molecule has 1 heterocycles. The van der Waals surface area contributed by atoms with Crippen molar-refractivity contribution < 1.29 is 0 Å². The third kappa shape index (κ3) is 2.54. The maximum absolute atomic E-state index is 3.75. The summed E-state index contributed by atoms with van der Waals surface area (Å²) in [6.07, 6.45) is 9.06. The first-order valence-corrected chi connectivity index (χ1v) is 6.66. The molecule has 4 unspecified atom stereocenters. The predicted octanol–water partition coefficient (Wildman–Crippen LogP) is 2.59. The van der Waals surface area contributed by atoms with Gasteiger partial charge >= 0.3 is 0 Å². The monoisotopic (exact) mass is 210 g/mol. The van der Waals surface area contributed by atoms with E-state index in [0.717, 1.165) is 18.0 Å². The summed E-state index contributed by atoms with van der Waals surface area (Å²) >= 11 is 0. The fourth-order valence-electron chi connectivity index (χ4n) is 3.24. The second-order valence-corrected chi connectivity index (χ2v) is 5.65. The van der Waals surface area contributed by atoms with Gasteiger partial charge in [0.05, 0.1) is 6.17 Å². The van der Waals surface area contributed by atoms with E-state index in [0.29, 0.717) is 6.17 Å². The smallest absolute Gasteiger partial charge is 0.0571 e. The second kappa shape index (κ2) is 4.84. The van der Waals surface area contributed by atoms with E-state index in [2.05, 4.69) is 31.1 Å². The van der Waals surface area contributed by atoms with Crippen LogP contribution in [0.1, 0.15) is 52.4 Å². The van der Waals surface area contributed by atoms with E-state index in [1.807, 2.05) is 0 Å². The number of likely N-dealkylation sites (N-methyl/N-ethyl adjacent to an activating group) is 1. The normalized spacial score (nSPS) is 44.2. The van der Waals surface area contributed by atoms with Crippen molar-refractivity contribution in [3.63, 3.8) is 0 Å². The summed E-state index contributed by atoms with van der Waals surface area (Å²) in [6.45, 7) is 4.71. The molecule has 1 aliphatic heterocycles. The Morgan fingerprint density at radius 1 is 1.00 bits per heavy atom. The molecule has 2 heteroatoms. The van der Waals surface area contributed by atoms with Crippen molar-refractivity contribution in [3.05, 3.63) is 0 Å². The van der Waals surface area contributed by atoms with Gasteiger partial charge < -0.3 is 0 Å². The molecule has 1 aliphatic carbocycles. The summed E-state index contributed by atoms with van der Waals surface area (Å²) in [4.78, 5) is 2.54. The quantitative estimate of drug-likeness (QED) is 0.661. The first kappa shape index (κ1) is 11.4. The van der Waals surface area contributed by atoms with Gasteiger partial charge in [-0.1, -0.05) is 26.2 Å². The average Bonchev–Trinajstić information content (AvgIpc) is 2.51. The number of rotatable bonds is 0. The van der Waals surface area contributed by atoms with Gasteiger partial charge in [-0.15, -0.1) is 0 Å². The Labute approximate surface area is 94.4 Å². The highest BCUT2D eigenvalue weighted by Crippen LogP contribution is 2.28. The third-order valence-corrected chi connectivity index (χ3v) is 4.47. The van der Waals surface area contributed by atoms with Gasteiger partial charge in [0.1, 0.15) is 0 Å². The largest absolute Gasteiger partial charge is 0.298 e. The van der Waals surface area contributed by atoms with Crippen LogP contribution in [0.4, 0.5) is 0 Å². The zero-order valence-electron chi connectivity index (χ0n) is 10.5. The van der Waals surface area contributed by atoms with Crippen LogP contribution in [0, 0.1) is 5.92 Å². The molecule has 1 N–H and O–H groups in total. The van der Waals surface area contributed by atoms with E-state index in [-0.39, 0.29) is 0 Å². The Kier molecular flexibility index (Phi) is 3.68. The van der Waals surface area contributed by atoms with Crippen LogP contribution in [0.2, 0.25) is 0 Å². The lowest BCUT2D eigenvalue weighted by Crippen LogP contribution is -2.34. The molecule has 0 radical (unpaired) electrons. The van der Waals surface area contributed by atoms with E-state index < -0.39 is 0 Å². The lowest BCUT2D eigenvalue weighted by atomic mass is 9.97. The van der Waals surface area contributed by atoms with E-state index in [1.165, 1.54) is 38.5 Å². The maximum atomic E-state index is 3.75. The summed E-state index contributed by atoms with van der Waals surface area (Å²) in [5, 5.41) is 3.75. The van der Waals surface area contributed by atoms with Crippen LogP contribution in [-0.2, 0) is 0 Å². The predicted molar refractivity (Wildman–Crippen MR) is 64.8 cm³/mol. The SMILES string of the molecule is CC1CCCCC2C(CC1)NC(C)N2C. The number of fused-ring (bicyclic) bond motifs is 1. The zero-order valence-corrected chi connectivity index (χ0v) is 10.5. The second-order valence-electron chi connectivity index (χ2n) is 5.65. The van der Waals surface area contributed by atoms with Crippen LogP contribution in [0.5, 0.6) is 0 Å². The Morgan fingerprint density at radius 3 is 2.53 bits per heavy atom. The van der Waals surface area contributed by atoms with Crippen LogP contribution in [0.25, 0.3) is 0 Å². The third-order valence-electron chi connectivity index (χ3n) is 4.47. The van der Waals surface area contributed by atoms with Gasteiger partial charge in [0.15, 0.2) is 0 Å². The lowest BCUT2D eigenvalue weighted by Gasteiger charge is -2.24. The van der Waals surface area contributed by atoms with Crippen molar-refractivity contribution in [2.75, 3.05) is 7.05 Å². The summed E-state index contributed by atoms with van der Waals surface area (Å²) < 4.78 is 0. The lowest BCUT2D eigenvalue weighted by molar-refractivity contribution is 0.228. The minimum Gasteiger partial charge on any atom is -0.298 e. The standard InChI is InChI=1S/C13H26N2/c1-10-6-4-5-7-13-12(9-8-10)14-11(2)15(13)3/h10-14H,4-9H2,1-3H3. The Bertz CT molecular complexity index is 205. The molecule has 88 valence electrons. The van der Waals surface area contributed by atoms with Crippen LogP contribution >= 0.6 is 0 Å². The van der Waals surface area contributed by atoms with Crippen molar-refractivity contribution in [2.24, 2.45) is 5.92 Å². The molecule has 0 aromatic rings. The Morgan fingerprint density at radius 2 is 1.73 bits per heavy atom. The highest BCUT2D eigenvalue weighted by molar-refractivity contribution is 4.93. The van der Waals surface area contributed by atoms with Crippen molar-refractivity contribution in [2.45, 2.75) is 70.6 Å². The maximum Gasteiger partial charge on any atom is 0.0571 e. The number of hydrogen-bond donors (Lipinski definition) is 1. The molecular formula is C13H26N2. The molecule has 2 nitrogen and oxygen atoms in total. The molecule has 0 bridgehead atoms. The molecule has 2 rings (SSSR count). The number of nitrogens with one attached hydrogen (secondary N) is 1. The van der Waals surface area contributed by atoms with Crippen LogP contribution in [0.3, 0.4) is 0 Å². The molecule has 1 saturated carbocycles. The summed E-state index contributed by atoms with van der Waals surface area (Å²) in [6, 6.07) is 1.55. The molecule has 4 atom stereocenters. The highest BCUT2D eigenvalue weighted by atomic mass is 15.3.